The number of imidazole rings is 1. The Morgan fingerprint density at radius 3 is 2.53 bits per heavy atom. The summed E-state index contributed by atoms with van der Waals surface area (Å²) >= 11 is 6.15. The Balaban J connectivity index is 1.35. The number of amides is 1. The molecule has 32 heavy (non-hydrogen) atoms. The molecule has 0 aliphatic carbocycles. The first kappa shape index (κ1) is 20.3. The van der Waals surface area contributed by atoms with Crippen molar-refractivity contribution in [1.82, 2.24) is 19.9 Å². The number of halogens is 1. The van der Waals surface area contributed by atoms with Gasteiger partial charge in [-0.1, -0.05) is 54.1 Å². The Kier molecular flexibility index (Phi) is 5.41. The van der Waals surface area contributed by atoms with Crippen molar-refractivity contribution in [2.45, 2.75) is 6.42 Å². The highest BCUT2D eigenvalue weighted by molar-refractivity contribution is 6.30. The van der Waals surface area contributed by atoms with Crippen LogP contribution in [0.3, 0.4) is 0 Å². The Morgan fingerprint density at radius 2 is 1.78 bits per heavy atom. The Morgan fingerprint density at radius 1 is 1.00 bits per heavy atom. The summed E-state index contributed by atoms with van der Waals surface area (Å²) in [6, 6.07) is 19.2. The number of nitrogens with one attached hydrogen (secondary N) is 1. The SMILES string of the molecule is Nc1cc2[nH]c(-c3cccc(Cl)c3)nc2c(N2CCN(C(=O)Cc3ccccc3)CC2)n1. The second kappa shape index (κ2) is 8.51. The molecule has 2 aromatic heterocycles. The number of H-pyrrole nitrogens is 1. The smallest absolute Gasteiger partial charge is 0.227 e. The third-order valence-corrected chi connectivity index (χ3v) is 5.93. The average Bonchev–Trinajstić information content (AvgIpc) is 3.23. The molecule has 0 radical (unpaired) electrons. The lowest BCUT2D eigenvalue weighted by molar-refractivity contribution is -0.130. The van der Waals surface area contributed by atoms with Gasteiger partial charge in [-0.2, -0.15) is 0 Å². The lowest BCUT2D eigenvalue weighted by Crippen LogP contribution is -2.49. The number of fused-ring (bicyclic) bond motifs is 1. The molecule has 1 fully saturated rings. The lowest BCUT2D eigenvalue weighted by Gasteiger charge is -2.35. The molecule has 3 N–H and O–H groups in total. The standard InChI is InChI=1S/C24H23ClN6O/c25-18-8-4-7-17(14-18)23-27-19-15-20(26)28-24(22(19)29-23)31-11-9-30(10-12-31)21(32)13-16-5-2-1-3-6-16/h1-8,14-15H,9-13H2,(H2,26,28)(H,27,29). The zero-order valence-corrected chi connectivity index (χ0v) is 18.2. The van der Waals surface area contributed by atoms with Gasteiger partial charge in [0, 0.05) is 42.8 Å². The van der Waals surface area contributed by atoms with Gasteiger partial charge in [-0.25, -0.2) is 9.97 Å². The summed E-state index contributed by atoms with van der Waals surface area (Å²) in [5, 5.41) is 0.650. The van der Waals surface area contributed by atoms with E-state index in [1.807, 2.05) is 59.5 Å². The van der Waals surface area contributed by atoms with Crippen molar-refractivity contribution in [3.05, 3.63) is 71.2 Å². The Labute approximate surface area is 190 Å². The molecule has 1 saturated heterocycles. The number of nitrogen functional groups attached to an aromatic ring is 1. The Hall–Kier alpha value is -3.58. The first-order valence-electron chi connectivity index (χ1n) is 10.6. The van der Waals surface area contributed by atoms with Crippen molar-refractivity contribution >= 4 is 40.2 Å². The van der Waals surface area contributed by atoms with Crippen LogP contribution in [-0.4, -0.2) is 51.9 Å². The van der Waals surface area contributed by atoms with Gasteiger partial charge in [0.1, 0.15) is 17.2 Å². The van der Waals surface area contributed by atoms with E-state index in [1.165, 1.54) is 0 Å². The van der Waals surface area contributed by atoms with Crippen LogP contribution >= 0.6 is 11.6 Å². The number of carbonyl (C=O) groups excluding carboxylic acids is 1. The number of rotatable bonds is 4. The number of piperazine rings is 1. The fourth-order valence-corrected chi connectivity index (χ4v) is 4.25. The molecule has 0 spiro atoms. The number of pyridine rings is 1. The number of benzene rings is 2. The van der Waals surface area contributed by atoms with Crippen LogP contribution in [0.4, 0.5) is 11.6 Å². The molecular weight excluding hydrogens is 424 g/mol. The summed E-state index contributed by atoms with van der Waals surface area (Å²) in [7, 11) is 0. The van der Waals surface area contributed by atoms with Crippen molar-refractivity contribution in [2.24, 2.45) is 0 Å². The van der Waals surface area contributed by atoms with Gasteiger partial charge in [0.2, 0.25) is 5.91 Å². The number of carbonyl (C=O) groups is 1. The van der Waals surface area contributed by atoms with Gasteiger partial charge >= 0.3 is 0 Å². The summed E-state index contributed by atoms with van der Waals surface area (Å²) in [5.74, 6) is 2.02. The summed E-state index contributed by atoms with van der Waals surface area (Å²) in [6.45, 7) is 2.61. The maximum absolute atomic E-state index is 12.7. The molecule has 4 aromatic rings. The molecule has 1 amide bonds. The first-order valence-corrected chi connectivity index (χ1v) is 10.9. The highest BCUT2D eigenvalue weighted by atomic mass is 35.5. The number of hydrogen-bond acceptors (Lipinski definition) is 5. The minimum Gasteiger partial charge on any atom is -0.384 e. The predicted molar refractivity (Wildman–Crippen MR) is 128 cm³/mol. The van der Waals surface area contributed by atoms with Crippen LogP contribution < -0.4 is 10.6 Å². The van der Waals surface area contributed by atoms with E-state index in [0.717, 1.165) is 28.0 Å². The first-order chi connectivity index (χ1) is 15.6. The summed E-state index contributed by atoms with van der Waals surface area (Å²) in [4.78, 5) is 29.5. The molecule has 0 unspecified atom stereocenters. The quantitative estimate of drug-likeness (QED) is 0.498. The number of nitrogens with zero attached hydrogens (tertiary/aromatic N) is 4. The molecule has 5 rings (SSSR count). The second-order valence-electron chi connectivity index (χ2n) is 7.89. The third-order valence-electron chi connectivity index (χ3n) is 5.70. The third kappa shape index (κ3) is 4.11. The monoisotopic (exact) mass is 446 g/mol. The van der Waals surface area contributed by atoms with Crippen molar-refractivity contribution in [2.75, 3.05) is 36.8 Å². The van der Waals surface area contributed by atoms with Crippen LogP contribution in [0.15, 0.2) is 60.7 Å². The molecule has 162 valence electrons. The van der Waals surface area contributed by atoms with Gasteiger partial charge in [0.05, 0.1) is 11.9 Å². The zero-order chi connectivity index (χ0) is 22.1. The highest BCUT2D eigenvalue weighted by Crippen LogP contribution is 2.30. The van der Waals surface area contributed by atoms with Crippen molar-refractivity contribution in [3.8, 4) is 11.4 Å². The number of aromatic nitrogens is 3. The van der Waals surface area contributed by atoms with Gasteiger partial charge < -0.3 is 20.5 Å². The molecule has 8 heteroatoms. The van der Waals surface area contributed by atoms with Gasteiger partial charge in [-0.15, -0.1) is 0 Å². The fraction of sp³-hybridized carbons (Fsp3) is 0.208. The molecule has 1 aliphatic rings. The fourth-order valence-electron chi connectivity index (χ4n) is 4.06. The molecular formula is C24H23ClN6O. The molecule has 0 atom stereocenters. The van der Waals surface area contributed by atoms with E-state index in [1.54, 1.807) is 6.07 Å². The molecule has 0 bridgehead atoms. The number of hydrogen-bond donors (Lipinski definition) is 2. The largest absolute Gasteiger partial charge is 0.384 e. The molecule has 7 nitrogen and oxygen atoms in total. The van der Waals surface area contributed by atoms with Crippen LogP contribution in [0.2, 0.25) is 5.02 Å². The van der Waals surface area contributed by atoms with E-state index in [4.69, 9.17) is 22.3 Å². The molecule has 1 aliphatic heterocycles. The zero-order valence-electron chi connectivity index (χ0n) is 17.5. The summed E-state index contributed by atoms with van der Waals surface area (Å²) < 4.78 is 0. The topological polar surface area (TPSA) is 91.1 Å². The van der Waals surface area contributed by atoms with E-state index < -0.39 is 0 Å². The minimum absolute atomic E-state index is 0.143. The average molecular weight is 447 g/mol. The molecule has 2 aromatic carbocycles. The number of anilines is 2. The van der Waals surface area contributed by atoms with Gasteiger partial charge in [0.25, 0.3) is 0 Å². The normalized spacial score (nSPS) is 14.2. The second-order valence-corrected chi connectivity index (χ2v) is 8.33. The van der Waals surface area contributed by atoms with E-state index in [2.05, 4.69) is 14.9 Å². The summed E-state index contributed by atoms with van der Waals surface area (Å²) in [5.41, 5.74) is 9.61. The number of nitrogens with two attached hydrogens (primary N) is 1. The number of aromatic amines is 1. The van der Waals surface area contributed by atoms with Gasteiger partial charge in [-0.3, -0.25) is 4.79 Å². The van der Waals surface area contributed by atoms with E-state index in [-0.39, 0.29) is 5.91 Å². The predicted octanol–water partition coefficient (Wildman–Crippen LogP) is 3.75. The van der Waals surface area contributed by atoms with E-state index in [0.29, 0.717) is 49.3 Å². The van der Waals surface area contributed by atoms with Crippen molar-refractivity contribution in [1.29, 1.82) is 0 Å². The highest BCUT2D eigenvalue weighted by Gasteiger charge is 2.24. The van der Waals surface area contributed by atoms with Crippen molar-refractivity contribution < 1.29 is 4.79 Å². The van der Waals surface area contributed by atoms with E-state index in [9.17, 15) is 4.79 Å². The van der Waals surface area contributed by atoms with E-state index >= 15 is 0 Å². The molecule has 0 saturated carbocycles. The molecule has 3 heterocycles. The maximum Gasteiger partial charge on any atom is 0.227 e. The lowest BCUT2D eigenvalue weighted by atomic mass is 10.1. The van der Waals surface area contributed by atoms with Crippen LogP contribution in [0.1, 0.15) is 5.56 Å². The minimum atomic E-state index is 0.143. The summed E-state index contributed by atoms with van der Waals surface area (Å²) in [6.07, 6.45) is 0.421. The van der Waals surface area contributed by atoms with Crippen LogP contribution in [0, 0.1) is 0 Å². The van der Waals surface area contributed by atoms with Crippen molar-refractivity contribution in [3.63, 3.8) is 0 Å². The Bertz CT molecular complexity index is 1260. The van der Waals surface area contributed by atoms with Gasteiger partial charge in [0.15, 0.2) is 5.82 Å². The van der Waals surface area contributed by atoms with Gasteiger partial charge in [-0.05, 0) is 17.7 Å². The van der Waals surface area contributed by atoms with Crippen LogP contribution in [0.25, 0.3) is 22.4 Å². The van der Waals surface area contributed by atoms with Crippen LogP contribution in [-0.2, 0) is 11.2 Å². The maximum atomic E-state index is 12.7. The van der Waals surface area contributed by atoms with Crippen LogP contribution in [0.5, 0.6) is 0 Å².